The molecule has 0 fully saturated rings. The summed E-state index contributed by atoms with van der Waals surface area (Å²) in [5.74, 6) is -0.775. The van der Waals surface area contributed by atoms with E-state index in [1.807, 2.05) is 0 Å². The molecule has 0 aliphatic carbocycles. The second-order valence-electron chi connectivity index (χ2n) is 3.14. The van der Waals surface area contributed by atoms with Crippen molar-refractivity contribution in [2.24, 2.45) is 5.73 Å². The van der Waals surface area contributed by atoms with Gasteiger partial charge in [-0.15, -0.1) is 0 Å². The number of primary amides is 1. The van der Waals surface area contributed by atoms with Gasteiger partial charge in [-0.3, -0.25) is 0 Å². The minimum absolute atomic E-state index is 0.136. The highest BCUT2D eigenvalue weighted by molar-refractivity contribution is 6.30. The third-order valence-corrected chi connectivity index (χ3v) is 2.18. The van der Waals surface area contributed by atoms with E-state index in [4.69, 9.17) is 17.3 Å². The van der Waals surface area contributed by atoms with Crippen LogP contribution in [0.2, 0.25) is 5.02 Å². The van der Waals surface area contributed by atoms with Gasteiger partial charge >= 0.3 is 12.1 Å². The molecule has 0 unspecified atom stereocenters. The first kappa shape index (κ1) is 12.2. The van der Waals surface area contributed by atoms with Gasteiger partial charge in [0.05, 0.1) is 10.7 Å². The maximum absolute atomic E-state index is 12.9. The molecule has 0 radical (unpaired) electrons. The van der Waals surface area contributed by atoms with Gasteiger partial charge in [-0.25, -0.2) is 14.8 Å². The van der Waals surface area contributed by atoms with E-state index in [9.17, 15) is 9.18 Å². The van der Waals surface area contributed by atoms with Crippen LogP contribution in [-0.2, 0) is 0 Å². The number of nitrogens with zero attached hydrogens (tertiary/aromatic N) is 3. The van der Waals surface area contributed by atoms with Crippen molar-refractivity contribution >= 4 is 17.7 Å². The van der Waals surface area contributed by atoms with E-state index in [-0.39, 0.29) is 11.0 Å². The molecule has 0 saturated heterocycles. The Morgan fingerprint density at radius 2 is 2.22 bits per heavy atom. The summed E-state index contributed by atoms with van der Waals surface area (Å²) < 4.78 is 17.4. The SMILES string of the molecule is NC(=O)Oc1nccc(-c2cnc(F)c(Cl)c2)n1. The summed E-state index contributed by atoms with van der Waals surface area (Å²) in [6.07, 6.45) is 1.58. The maximum Gasteiger partial charge on any atom is 0.412 e. The van der Waals surface area contributed by atoms with E-state index in [1.165, 1.54) is 24.5 Å². The third kappa shape index (κ3) is 2.69. The van der Waals surface area contributed by atoms with Gasteiger partial charge < -0.3 is 10.5 Å². The molecule has 0 spiro atoms. The van der Waals surface area contributed by atoms with Crippen LogP contribution in [0.1, 0.15) is 0 Å². The largest absolute Gasteiger partial charge is 0.412 e. The fraction of sp³-hybridized carbons (Fsp3) is 0. The number of ether oxygens (including phenoxy) is 1. The van der Waals surface area contributed by atoms with Crippen LogP contribution < -0.4 is 10.5 Å². The first-order valence-corrected chi connectivity index (χ1v) is 5.06. The number of pyridine rings is 1. The molecule has 0 aliphatic rings. The summed E-state index contributed by atoms with van der Waals surface area (Å²) in [6, 6.07) is 2.67. The number of nitrogens with two attached hydrogens (primary N) is 1. The lowest BCUT2D eigenvalue weighted by molar-refractivity contribution is 0.207. The Kier molecular flexibility index (Phi) is 3.33. The minimum atomic E-state index is -1.03. The van der Waals surface area contributed by atoms with Gasteiger partial charge in [0.2, 0.25) is 5.95 Å². The third-order valence-electron chi connectivity index (χ3n) is 1.92. The predicted molar refractivity (Wildman–Crippen MR) is 60.4 cm³/mol. The first-order chi connectivity index (χ1) is 8.56. The molecule has 0 atom stereocenters. The molecule has 6 nitrogen and oxygen atoms in total. The van der Waals surface area contributed by atoms with Crippen molar-refractivity contribution in [3.63, 3.8) is 0 Å². The molecule has 2 heterocycles. The highest BCUT2D eigenvalue weighted by atomic mass is 35.5. The van der Waals surface area contributed by atoms with Gasteiger partial charge in [0.1, 0.15) is 0 Å². The van der Waals surface area contributed by atoms with Crippen molar-refractivity contribution in [3.8, 4) is 17.3 Å². The standard InChI is InChI=1S/C10H6ClFN4O2/c11-6-3-5(4-15-8(6)12)7-1-2-14-10(16-7)18-9(13)17/h1-4H,(H2,13,17). The molecule has 18 heavy (non-hydrogen) atoms. The van der Waals surface area contributed by atoms with E-state index >= 15 is 0 Å². The van der Waals surface area contributed by atoms with Crippen LogP contribution >= 0.6 is 11.6 Å². The molecule has 0 aromatic carbocycles. The van der Waals surface area contributed by atoms with Crippen molar-refractivity contribution in [2.75, 3.05) is 0 Å². The predicted octanol–water partition coefficient (Wildman–Crippen LogP) is 1.79. The van der Waals surface area contributed by atoms with Gasteiger partial charge in [-0.2, -0.15) is 9.37 Å². The van der Waals surface area contributed by atoms with Crippen LogP contribution in [0.4, 0.5) is 9.18 Å². The molecule has 2 rings (SSSR count). The zero-order valence-electron chi connectivity index (χ0n) is 8.80. The average molecular weight is 269 g/mol. The van der Waals surface area contributed by atoms with E-state index in [2.05, 4.69) is 19.7 Å². The molecule has 8 heteroatoms. The molecule has 0 saturated carbocycles. The monoisotopic (exact) mass is 268 g/mol. The van der Waals surface area contributed by atoms with Crippen LogP contribution in [0.5, 0.6) is 6.01 Å². The Labute approximate surface area is 106 Å². The van der Waals surface area contributed by atoms with E-state index < -0.39 is 12.0 Å². The molecule has 2 N–H and O–H groups in total. The Balaban J connectivity index is 2.38. The van der Waals surface area contributed by atoms with Gasteiger partial charge in [0.25, 0.3) is 0 Å². The summed E-state index contributed by atoms with van der Waals surface area (Å²) in [7, 11) is 0. The number of hydrogen-bond donors (Lipinski definition) is 1. The number of carbonyl (C=O) groups excluding carboxylic acids is 1. The smallest absolute Gasteiger partial charge is 0.374 e. The van der Waals surface area contributed by atoms with Crippen molar-refractivity contribution in [2.45, 2.75) is 0 Å². The highest BCUT2D eigenvalue weighted by Gasteiger charge is 2.08. The van der Waals surface area contributed by atoms with Gasteiger partial charge in [0, 0.05) is 18.0 Å². The summed E-state index contributed by atoms with van der Waals surface area (Å²) in [5.41, 5.74) is 5.66. The second kappa shape index (κ2) is 4.92. The lowest BCUT2D eigenvalue weighted by Gasteiger charge is -2.03. The molecular weight excluding hydrogens is 263 g/mol. The second-order valence-corrected chi connectivity index (χ2v) is 3.55. The molecule has 0 bridgehead atoms. The first-order valence-electron chi connectivity index (χ1n) is 4.68. The van der Waals surface area contributed by atoms with E-state index in [0.717, 1.165) is 0 Å². The average Bonchev–Trinajstić information content (AvgIpc) is 2.32. The zero-order chi connectivity index (χ0) is 13.1. The molecular formula is C10H6ClFN4O2. The number of rotatable bonds is 2. The molecule has 2 aromatic rings. The topological polar surface area (TPSA) is 91.0 Å². The summed E-state index contributed by atoms with van der Waals surface area (Å²) in [5, 5.41) is -0.136. The van der Waals surface area contributed by atoms with Crippen molar-refractivity contribution in [3.05, 3.63) is 35.5 Å². The Morgan fingerprint density at radius 3 is 2.89 bits per heavy atom. The Bertz CT molecular complexity index is 608. The molecule has 1 amide bonds. The van der Waals surface area contributed by atoms with E-state index in [0.29, 0.717) is 11.3 Å². The lowest BCUT2D eigenvalue weighted by atomic mass is 10.2. The van der Waals surface area contributed by atoms with Crippen LogP contribution in [-0.4, -0.2) is 21.0 Å². The number of amides is 1. The quantitative estimate of drug-likeness (QED) is 0.839. The molecule has 92 valence electrons. The molecule has 2 aromatic heterocycles. The van der Waals surface area contributed by atoms with Crippen LogP contribution in [0.3, 0.4) is 0 Å². The van der Waals surface area contributed by atoms with Gasteiger partial charge in [0.15, 0.2) is 0 Å². The molecule has 0 aliphatic heterocycles. The number of carbonyl (C=O) groups is 1. The fourth-order valence-corrected chi connectivity index (χ4v) is 1.37. The van der Waals surface area contributed by atoms with Gasteiger partial charge in [-0.05, 0) is 12.1 Å². The summed E-state index contributed by atoms with van der Waals surface area (Å²) >= 11 is 5.60. The van der Waals surface area contributed by atoms with Crippen molar-refractivity contribution < 1.29 is 13.9 Å². The number of halogens is 2. The van der Waals surface area contributed by atoms with Crippen LogP contribution in [0.25, 0.3) is 11.3 Å². The maximum atomic E-state index is 12.9. The normalized spacial score (nSPS) is 10.1. The number of aromatic nitrogens is 3. The van der Waals surface area contributed by atoms with Crippen molar-refractivity contribution in [1.29, 1.82) is 0 Å². The van der Waals surface area contributed by atoms with Crippen molar-refractivity contribution in [1.82, 2.24) is 15.0 Å². The zero-order valence-corrected chi connectivity index (χ0v) is 9.56. The number of hydrogen-bond acceptors (Lipinski definition) is 5. The minimum Gasteiger partial charge on any atom is -0.374 e. The van der Waals surface area contributed by atoms with Gasteiger partial charge in [-0.1, -0.05) is 11.6 Å². The Hall–Kier alpha value is -2.28. The van der Waals surface area contributed by atoms with Crippen LogP contribution in [0.15, 0.2) is 24.5 Å². The summed E-state index contributed by atoms with van der Waals surface area (Å²) in [4.78, 5) is 21.6. The lowest BCUT2D eigenvalue weighted by Crippen LogP contribution is -2.17. The van der Waals surface area contributed by atoms with Crippen LogP contribution in [0, 0.1) is 5.95 Å². The highest BCUT2D eigenvalue weighted by Crippen LogP contribution is 2.22. The fourth-order valence-electron chi connectivity index (χ4n) is 1.20. The Morgan fingerprint density at radius 1 is 1.44 bits per heavy atom. The summed E-state index contributed by atoms with van der Waals surface area (Å²) in [6.45, 7) is 0. The van der Waals surface area contributed by atoms with E-state index in [1.54, 1.807) is 0 Å².